The second kappa shape index (κ2) is 8.28. The molecule has 0 aliphatic rings. The van der Waals surface area contributed by atoms with Crippen LogP contribution in [0.25, 0.3) is 0 Å². The van der Waals surface area contributed by atoms with E-state index in [1.54, 1.807) is 11.3 Å². The Balaban J connectivity index is 2.29. The Kier molecular flexibility index (Phi) is 7.86. The van der Waals surface area contributed by atoms with Crippen LogP contribution in [0.15, 0.2) is 13.6 Å². The Morgan fingerprint density at radius 2 is 1.88 bits per heavy atom. The molecule has 0 amide bonds. The first-order valence-electron chi connectivity index (χ1n) is 5.74. The predicted molar refractivity (Wildman–Crippen MR) is 84.8 cm³/mol. The molecular formula is C12H17Br3S. The molecule has 16 heavy (non-hydrogen) atoms. The van der Waals surface area contributed by atoms with E-state index in [1.807, 2.05) is 0 Å². The highest BCUT2D eigenvalue weighted by Crippen LogP contribution is 2.40. The molecule has 0 aliphatic heterocycles. The first kappa shape index (κ1) is 15.2. The van der Waals surface area contributed by atoms with E-state index in [0.29, 0.717) is 4.83 Å². The van der Waals surface area contributed by atoms with Crippen molar-refractivity contribution in [3.05, 3.63) is 19.2 Å². The van der Waals surface area contributed by atoms with Crippen LogP contribution >= 0.6 is 59.1 Å². The quantitative estimate of drug-likeness (QED) is 0.319. The Hall–Kier alpha value is 1.14. The van der Waals surface area contributed by atoms with Crippen LogP contribution in [-0.2, 0) is 0 Å². The average Bonchev–Trinajstić information content (AvgIpc) is 2.57. The van der Waals surface area contributed by atoms with Gasteiger partial charge in [-0.3, -0.25) is 0 Å². The first-order valence-corrected chi connectivity index (χ1v) is 9.05. The Bertz CT molecular complexity index is 309. The molecule has 0 nitrogen and oxygen atoms in total. The minimum absolute atomic E-state index is 0.492. The number of alkyl halides is 1. The molecule has 0 aliphatic carbocycles. The van der Waals surface area contributed by atoms with Crippen LogP contribution in [0, 0.1) is 0 Å². The van der Waals surface area contributed by atoms with Gasteiger partial charge in [0.2, 0.25) is 0 Å². The lowest BCUT2D eigenvalue weighted by atomic mass is 10.1. The highest BCUT2D eigenvalue weighted by molar-refractivity contribution is 9.12. The van der Waals surface area contributed by atoms with E-state index in [1.165, 1.54) is 51.7 Å². The van der Waals surface area contributed by atoms with E-state index >= 15 is 0 Å². The van der Waals surface area contributed by atoms with E-state index in [-0.39, 0.29) is 0 Å². The Morgan fingerprint density at radius 1 is 1.19 bits per heavy atom. The summed E-state index contributed by atoms with van der Waals surface area (Å²) in [4.78, 5) is 0.492. The van der Waals surface area contributed by atoms with E-state index in [4.69, 9.17) is 0 Å². The minimum Gasteiger partial charge on any atom is -0.121 e. The molecule has 1 unspecified atom stereocenters. The Morgan fingerprint density at radius 3 is 2.44 bits per heavy atom. The van der Waals surface area contributed by atoms with Crippen LogP contribution in [0.3, 0.4) is 0 Å². The number of rotatable bonds is 7. The van der Waals surface area contributed by atoms with Crippen molar-refractivity contribution in [3.8, 4) is 0 Å². The molecule has 1 aromatic heterocycles. The normalized spacial score (nSPS) is 13.0. The lowest BCUT2D eigenvalue weighted by molar-refractivity contribution is 0.606. The fourth-order valence-corrected chi connectivity index (χ4v) is 5.77. The molecule has 1 rings (SSSR count). The molecule has 0 aromatic carbocycles. The maximum atomic E-state index is 3.78. The summed E-state index contributed by atoms with van der Waals surface area (Å²) in [6, 6.07) is 2.21. The number of halogens is 3. The van der Waals surface area contributed by atoms with Crippen LogP contribution in [-0.4, -0.2) is 0 Å². The van der Waals surface area contributed by atoms with Gasteiger partial charge in [0, 0.05) is 4.83 Å². The van der Waals surface area contributed by atoms with Gasteiger partial charge in [0.1, 0.15) is 0 Å². The number of thiophene rings is 1. The van der Waals surface area contributed by atoms with Crippen molar-refractivity contribution in [2.24, 2.45) is 0 Å². The monoisotopic (exact) mass is 430 g/mol. The standard InChI is InChI=1S/C12H17Br3S/c1-2-3-4-5-6-7-10(13)9-8-11(14)16-12(9)15/h8,10H,2-7H2,1H3. The van der Waals surface area contributed by atoms with Gasteiger partial charge in [0.25, 0.3) is 0 Å². The average molecular weight is 433 g/mol. The molecule has 0 spiro atoms. The van der Waals surface area contributed by atoms with E-state index < -0.39 is 0 Å². The zero-order valence-electron chi connectivity index (χ0n) is 9.44. The second-order valence-electron chi connectivity index (χ2n) is 3.95. The summed E-state index contributed by atoms with van der Waals surface area (Å²) in [5.41, 5.74) is 1.38. The largest absolute Gasteiger partial charge is 0.121 e. The van der Waals surface area contributed by atoms with Crippen molar-refractivity contribution in [1.29, 1.82) is 0 Å². The molecule has 4 heteroatoms. The summed E-state index contributed by atoms with van der Waals surface area (Å²) >= 11 is 12.7. The smallest absolute Gasteiger partial charge is 0.0753 e. The molecule has 1 aromatic rings. The molecule has 92 valence electrons. The molecule has 0 bridgehead atoms. The maximum Gasteiger partial charge on any atom is 0.0753 e. The molecule has 1 atom stereocenters. The van der Waals surface area contributed by atoms with Gasteiger partial charge >= 0.3 is 0 Å². The summed E-state index contributed by atoms with van der Waals surface area (Å²) in [7, 11) is 0. The van der Waals surface area contributed by atoms with Crippen molar-refractivity contribution in [1.82, 2.24) is 0 Å². The van der Waals surface area contributed by atoms with E-state index in [9.17, 15) is 0 Å². The summed E-state index contributed by atoms with van der Waals surface area (Å²) in [5, 5.41) is 0. The predicted octanol–water partition coefficient (Wildman–Crippen LogP) is 7.07. The summed E-state index contributed by atoms with van der Waals surface area (Å²) in [6.45, 7) is 2.26. The third-order valence-corrected chi connectivity index (χ3v) is 5.92. The topological polar surface area (TPSA) is 0 Å². The van der Waals surface area contributed by atoms with Gasteiger partial charge in [-0.05, 0) is 49.9 Å². The molecule has 0 saturated carbocycles. The van der Waals surface area contributed by atoms with E-state index in [0.717, 1.165) is 0 Å². The first-order chi connectivity index (χ1) is 7.65. The van der Waals surface area contributed by atoms with Crippen LogP contribution in [0.5, 0.6) is 0 Å². The van der Waals surface area contributed by atoms with Gasteiger partial charge in [-0.15, -0.1) is 11.3 Å². The van der Waals surface area contributed by atoms with Crippen LogP contribution < -0.4 is 0 Å². The van der Waals surface area contributed by atoms with Gasteiger partial charge < -0.3 is 0 Å². The summed E-state index contributed by atoms with van der Waals surface area (Å²) in [5.74, 6) is 0. The van der Waals surface area contributed by atoms with Gasteiger partial charge in [0.15, 0.2) is 0 Å². The highest BCUT2D eigenvalue weighted by Gasteiger charge is 2.13. The number of hydrogen-bond donors (Lipinski definition) is 0. The van der Waals surface area contributed by atoms with Crippen molar-refractivity contribution in [3.63, 3.8) is 0 Å². The van der Waals surface area contributed by atoms with Gasteiger partial charge in [-0.25, -0.2) is 0 Å². The zero-order chi connectivity index (χ0) is 12.0. The summed E-state index contributed by atoms with van der Waals surface area (Å²) < 4.78 is 2.44. The third kappa shape index (κ3) is 5.19. The Labute approximate surface area is 128 Å². The van der Waals surface area contributed by atoms with Crippen LogP contribution in [0.2, 0.25) is 0 Å². The SMILES string of the molecule is CCCCCCCC(Br)c1cc(Br)sc1Br. The molecule has 0 saturated heterocycles. The minimum atomic E-state index is 0.492. The van der Waals surface area contributed by atoms with Crippen molar-refractivity contribution in [2.45, 2.75) is 50.3 Å². The fraction of sp³-hybridized carbons (Fsp3) is 0.667. The molecule has 0 fully saturated rings. The third-order valence-electron chi connectivity index (χ3n) is 2.58. The van der Waals surface area contributed by atoms with Crippen LogP contribution in [0.1, 0.15) is 55.8 Å². The lowest BCUT2D eigenvalue weighted by Gasteiger charge is -2.08. The fourth-order valence-electron chi connectivity index (χ4n) is 1.65. The molecule has 0 N–H and O–H groups in total. The maximum absolute atomic E-state index is 3.78. The van der Waals surface area contributed by atoms with Gasteiger partial charge in [-0.1, -0.05) is 55.0 Å². The van der Waals surface area contributed by atoms with E-state index in [2.05, 4.69) is 60.8 Å². The zero-order valence-corrected chi connectivity index (χ0v) is 15.0. The lowest BCUT2D eigenvalue weighted by Crippen LogP contribution is -1.89. The van der Waals surface area contributed by atoms with Gasteiger partial charge in [0.05, 0.1) is 7.57 Å². The highest BCUT2D eigenvalue weighted by atomic mass is 79.9. The van der Waals surface area contributed by atoms with Crippen molar-refractivity contribution in [2.75, 3.05) is 0 Å². The van der Waals surface area contributed by atoms with Gasteiger partial charge in [-0.2, -0.15) is 0 Å². The summed E-state index contributed by atoms with van der Waals surface area (Å²) in [6.07, 6.45) is 7.98. The van der Waals surface area contributed by atoms with Crippen LogP contribution in [0.4, 0.5) is 0 Å². The van der Waals surface area contributed by atoms with Crippen molar-refractivity contribution >= 4 is 59.1 Å². The number of hydrogen-bond acceptors (Lipinski definition) is 1. The molecule has 1 heterocycles. The van der Waals surface area contributed by atoms with Crippen molar-refractivity contribution < 1.29 is 0 Å². The molecule has 0 radical (unpaired) electrons. The molecular weight excluding hydrogens is 416 g/mol. The number of unbranched alkanes of at least 4 members (excludes halogenated alkanes) is 4. The second-order valence-corrected chi connectivity index (χ2v) is 8.80.